The Hall–Kier alpha value is -2.35. The van der Waals surface area contributed by atoms with Gasteiger partial charge in [0.25, 0.3) is 0 Å². The first-order valence-electron chi connectivity index (χ1n) is 8.78. The summed E-state index contributed by atoms with van der Waals surface area (Å²) in [5.74, 6) is -0.838. The smallest absolute Gasteiger partial charge is 0.246 e. The van der Waals surface area contributed by atoms with Gasteiger partial charge in [-0.15, -0.1) is 0 Å². The SMILES string of the molecule is C=CC(=O)N1CCN(C(=S)c2cc(Cl)c(-c3cc(N)ccc3Cl)c(F)c2N)CC1. The van der Waals surface area contributed by atoms with E-state index in [4.69, 9.17) is 46.9 Å². The lowest BCUT2D eigenvalue weighted by atomic mass is 10.00. The molecule has 1 heterocycles. The maximum Gasteiger partial charge on any atom is 0.246 e. The fourth-order valence-corrected chi connectivity index (χ4v) is 4.08. The number of rotatable bonds is 3. The van der Waals surface area contributed by atoms with Crippen molar-refractivity contribution in [2.45, 2.75) is 0 Å². The minimum absolute atomic E-state index is 0.0782. The fourth-order valence-electron chi connectivity index (χ4n) is 3.22. The summed E-state index contributed by atoms with van der Waals surface area (Å²) >= 11 is 18.1. The number of nitrogen functional groups attached to an aromatic ring is 2. The molecule has 9 heteroatoms. The molecule has 0 saturated carbocycles. The predicted octanol–water partition coefficient (Wildman–Crippen LogP) is 3.97. The Balaban J connectivity index is 1.92. The Bertz CT molecular complexity index is 1010. The highest BCUT2D eigenvalue weighted by molar-refractivity contribution is 7.80. The first kappa shape index (κ1) is 21.4. The summed E-state index contributed by atoms with van der Waals surface area (Å²) in [7, 11) is 0. The van der Waals surface area contributed by atoms with Crippen LogP contribution in [-0.4, -0.2) is 46.9 Å². The van der Waals surface area contributed by atoms with E-state index in [0.717, 1.165) is 0 Å². The van der Waals surface area contributed by atoms with Crippen LogP contribution in [0.1, 0.15) is 5.56 Å². The zero-order chi connectivity index (χ0) is 21.3. The van der Waals surface area contributed by atoms with Crippen LogP contribution in [0.4, 0.5) is 15.8 Å². The van der Waals surface area contributed by atoms with E-state index in [1.165, 1.54) is 6.08 Å². The number of hydrogen-bond acceptors (Lipinski definition) is 4. The van der Waals surface area contributed by atoms with Crippen LogP contribution < -0.4 is 11.5 Å². The van der Waals surface area contributed by atoms with Gasteiger partial charge in [-0.1, -0.05) is 42.0 Å². The third-order valence-electron chi connectivity index (χ3n) is 4.80. The first-order chi connectivity index (χ1) is 13.7. The minimum Gasteiger partial charge on any atom is -0.399 e. The molecule has 0 aliphatic carbocycles. The molecule has 4 N–H and O–H groups in total. The van der Waals surface area contributed by atoms with E-state index in [1.54, 1.807) is 29.2 Å². The molecule has 1 fully saturated rings. The van der Waals surface area contributed by atoms with Crippen molar-refractivity contribution < 1.29 is 9.18 Å². The highest BCUT2D eigenvalue weighted by Crippen LogP contribution is 2.40. The number of hydrogen-bond donors (Lipinski definition) is 2. The molecule has 1 amide bonds. The second kappa shape index (κ2) is 8.57. The van der Waals surface area contributed by atoms with E-state index in [9.17, 15) is 4.79 Å². The fraction of sp³-hybridized carbons (Fsp3) is 0.200. The van der Waals surface area contributed by atoms with Gasteiger partial charge >= 0.3 is 0 Å². The molecule has 1 saturated heterocycles. The summed E-state index contributed by atoms with van der Waals surface area (Å²) in [5.41, 5.74) is 13.0. The number of nitrogens with zero attached hydrogens (tertiary/aromatic N) is 2. The van der Waals surface area contributed by atoms with Gasteiger partial charge in [0.2, 0.25) is 5.91 Å². The van der Waals surface area contributed by atoms with Gasteiger partial charge in [-0.3, -0.25) is 4.79 Å². The number of benzene rings is 2. The maximum atomic E-state index is 15.2. The van der Waals surface area contributed by atoms with Crippen LogP contribution in [0.15, 0.2) is 36.9 Å². The van der Waals surface area contributed by atoms with Crippen molar-refractivity contribution in [2.24, 2.45) is 0 Å². The molecule has 0 spiro atoms. The number of amides is 1. The number of anilines is 2. The van der Waals surface area contributed by atoms with Crippen LogP contribution in [0, 0.1) is 5.82 Å². The summed E-state index contributed by atoms with van der Waals surface area (Å²) in [4.78, 5) is 15.7. The monoisotopic (exact) mass is 452 g/mol. The van der Waals surface area contributed by atoms with Gasteiger partial charge in [0.1, 0.15) is 4.99 Å². The van der Waals surface area contributed by atoms with Crippen molar-refractivity contribution in [3.8, 4) is 11.1 Å². The van der Waals surface area contributed by atoms with Crippen LogP contribution in [-0.2, 0) is 4.79 Å². The molecule has 2 aromatic carbocycles. The minimum atomic E-state index is -0.706. The molecule has 29 heavy (non-hydrogen) atoms. The van der Waals surface area contributed by atoms with Gasteiger partial charge in [-0.05, 0) is 30.3 Å². The molecule has 0 radical (unpaired) electrons. The highest BCUT2D eigenvalue weighted by Gasteiger charge is 2.26. The molecule has 3 rings (SSSR count). The van der Waals surface area contributed by atoms with Gasteiger partial charge in [-0.2, -0.15) is 0 Å². The van der Waals surface area contributed by atoms with Crippen LogP contribution in [0.25, 0.3) is 11.1 Å². The number of carbonyl (C=O) groups excluding carboxylic acids is 1. The quantitative estimate of drug-likeness (QED) is 0.418. The Labute approximate surface area is 183 Å². The molecule has 2 aromatic rings. The van der Waals surface area contributed by atoms with Gasteiger partial charge in [0.15, 0.2) is 5.82 Å². The van der Waals surface area contributed by atoms with Crippen molar-refractivity contribution in [3.63, 3.8) is 0 Å². The van der Waals surface area contributed by atoms with E-state index in [0.29, 0.717) is 53.0 Å². The molecule has 0 atom stereocenters. The largest absolute Gasteiger partial charge is 0.399 e. The van der Waals surface area contributed by atoms with Crippen molar-refractivity contribution in [1.82, 2.24) is 9.80 Å². The maximum absolute atomic E-state index is 15.2. The van der Waals surface area contributed by atoms with Crippen LogP contribution in [0.3, 0.4) is 0 Å². The van der Waals surface area contributed by atoms with E-state index in [2.05, 4.69) is 6.58 Å². The standard InChI is InChI=1S/C20H19Cl2FN4OS/c1-2-16(28)26-5-7-27(8-6-26)20(29)13-10-15(22)17(18(23)19(13)25)12-9-11(24)3-4-14(12)21/h2-4,9-10H,1,5-8,24-25H2. The summed E-state index contributed by atoms with van der Waals surface area (Å²) in [5, 5.41) is 0.430. The molecule has 1 aliphatic heterocycles. The summed E-state index contributed by atoms with van der Waals surface area (Å²) in [6.45, 7) is 5.46. The Morgan fingerprint density at radius 2 is 1.72 bits per heavy atom. The highest BCUT2D eigenvalue weighted by atomic mass is 35.5. The zero-order valence-electron chi connectivity index (χ0n) is 15.4. The van der Waals surface area contributed by atoms with Crippen LogP contribution in [0.2, 0.25) is 10.0 Å². The Kier molecular flexibility index (Phi) is 6.31. The van der Waals surface area contributed by atoms with Crippen molar-refractivity contribution in [3.05, 3.63) is 58.3 Å². The summed E-state index contributed by atoms with van der Waals surface area (Å²) < 4.78 is 15.2. The second-order valence-electron chi connectivity index (χ2n) is 6.57. The molecular formula is C20H19Cl2FN4OS. The van der Waals surface area contributed by atoms with Crippen molar-refractivity contribution in [1.29, 1.82) is 0 Å². The van der Waals surface area contributed by atoms with E-state index >= 15 is 4.39 Å². The molecular weight excluding hydrogens is 434 g/mol. The van der Waals surface area contributed by atoms with E-state index in [-0.39, 0.29) is 22.2 Å². The van der Waals surface area contributed by atoms with Gasteiger partial charge in [-0.25, -0.2) is 4.39 Å². The lowest BCUT2D eigenvalue weighted by Crippen LogP contribution is -2.50. The third-order valence-corrected chi connectivity index (χ3v) is 5.91. The average molecular weight is 453 g/mol. The van der Waals surface area contributed by atoms with Crippen molar-refractivity contribution >= 4 is 57.7 Å². The molecule has 1 aliphatic rings. The Morgan fingerprint density at radius 1 is 1.10 bits per heavy atom. The second-order valence-corrected chi connectivity index (χ2v) is 7.77. The zero-order valence-corrected chi connectivity index (χ0v) is 17.8. The van der Waals surface area contributed by atoms with Crippen LogP contribution in [0.5, 0.6) is 0 Å². The average Bonchev–Trinajstić information content (AvgIpc) is 2.72. The van der Waals surface area contributed by atoms with Gasteiger partial charge in [0, 0.05) is 53.6 Å². The normalized spacial score (nSPS) is 14.0. The summed E-state index contributed by atoms with van der Waals surface area (Å²) in [6.07, 6.45) is 1.28. The molecule has 0 aromatic heterocycles. The molecule has 152 valence electrons. The van der Waals surface area contributed by atoms with Gasteiger partial charge < -0.3 is 21.3 Å². The van der Waals surface area contributed by atoms with Crippen molar-refractivity contribution in [2.75, 3.05) is 37.6 Å². The predicted molar refractivity (Wildman–Crippen MR) is 121 cm³/mol. The number of nitrogens with two attached hydrogens (primary N) is 2. The number of halogens is 3. The molecule has 0 unspecified atom stereocenters. The molecule has 0 bridgehead atoms. The lowest BCUT2D eigenvalue weighted by molar-refractivity contribution is -0.127. The number of thiocarbonyl (C=S) groups is 1. The van der Waals surface area contributed by atoms with E-state index in [1.807, 2.05) is 4.90 Å². The van der Waals surface area contributed by atoms with E-state index < -0.39 is 5.82 Å². The number of piperazine rings is 1. The lowest BCUT2D eigenvalue weighted by Gasteiger charge is -2.36. The van der Waals surface area contributed by atoms with Crippen LogP contribution >= 0.6 is 35.4 Å². The molecule has 5 nitrogen and oxygen atoms in total. The Morgan fingerprint density at radius 3 is 2.34 bits per heavy atom. The first-order valence-corrected chi connectivity index (χ1v) is 9.94. The van der Waals surface area contributed by atoms with Gasteiger partial charge in [0.05, 0.1) is 10.7 Å². The number of carbonyl (C=O) groups is 1. The third kappa shape index (κ3) is 4.17. The topological polar surface area (TPSA) is 75.6 Å². The summed E-state index contributed by atoms with van der Waals surface area (Å²) in [6, 6.07) is 6.26.